The molecule has 5 atom stereocenters. The number of furan rings is 1. The standard InChI is InChI=1S/C27H32N2O4/c1-5-13-26-17-27(29(25(26)30)16-21-8-7-14-32-21)23(28-24(6-2)33-27)15-22(18(26)3)19-9-11-20(31-4)12-10-19/h5,7-12,14,18,22,24H,1,6,13,15-17H2,2-4H3/t18-,22+,24-,26+,27+/m1/s1. The predicted molar refractivity (Wildman–Crippen MR) is 126 cm³/mol. The van der Waals surface area contributed by atoms with E-state index in [1.165, 1.54) is 5.56 Å². The number of hydrogen-bond acceptors (Lipinski definition) is 5. The summed E-state index contributed by atoms with van der Waals surface area (Å²) < 4.78 is 17.7. The molecule has 0 unspecified atom stereocenters. The molecule has 2 aliphatic heterocycles. The van der Waals surface area contributed by atoms with Crippen LogP contribution in [0.15, 0.2) is 64.7 Å². The maximum absolute atomic E-state index is 14.3. The molecule has 6 nitrogen and oxygen atoms in total. The number of amides is 1. The van der Waals surface area contributed by atoms with Gasteiger partial charge in [-0.15, -0.1) is 6.58 Å². The van der Waals surface area contributed by atoms with E-state index in [2.05, 4.69) is 32.6 Å². The summed E-state index contributed by atoms with van der Waals surface area (Å²) in [4.78, 5) is 21.2. The Morgan fingerprint density at radius 2 is 2.09 bits per heavy atom. The van der Waals surface area contributed by atoms with E-state index in [0.717, 1.165) is 30.1 Å². The first kappa shape index (κ1) is 22.0. The summed E-state index contributed by atoms with van der Waals surface area (Å²) in [5.41, 5.74) is 0.731. The Kier molecular flexibility index (Phi) is 5.44. The number of allylic oxidation sites excluding steroid dienone is 1. The topological polar surface area (TPSA) is 64.3 Å². The number of aliphatic imine (C=N–C) groups is 1. The zero-order chi connectivity index (χ0) is 23.2. The third-order valence-corrected chi connectivity index (χ3v) is 7.93. The van der Waals surface area contributed by atoms with Gasteiger partial charge < -0.3 is 18.8 Å². The van der Waals surface area contributed by atoms with E-state index in [-0.39, 0.29) is 24.0 Å². The fraction of sp³-hybridized carbons (Fsp3) is 0.481. The molecular weight excluding hydrogens is 416 g/mol. The summed E-state index contributed by atoms with van der Waals surface area (Å²) in [6.45, 7) is 8.68. The van der Waals surface area contributed by atoms with Crippen LogP contribution in [-0.2, 0) is 16.1 Å². The monoisotopic (exact) mass is 448 g/mol. The molecule has 1 aromatic heterocycles. The van der Waals surface area contributed by atoms with Crippen LogP contribution < -0.4 is 4.74 Å². The molecule has 1 aliphatic carbocycles. The van der Waals surface area contributed by atoms with Crippen molar-refractivity contribution in [1.29, 1.82) is 0 Å². The Bertz CT molecular complexity index is 1060. The summed E-state index contributed by atoms with van der Waals surface area (Å²) in [5.74, 6) is 1.90. The lowest BCUT2D eigenvalue weighted by molar-refractivity contribution is -0.153. The molecule has 174 valence electrons. The Balaban J connectivity index is 1.63. The summed E-state index contributed by atoms with van der Waals surface area (Å²) in [6, 6.07) is 12.0. The van der Waals surface area contributed by atoms with Gasteiger partial charge in [-0.05, 0) is 60.9 Å². The lowest BCUT2D eigenvalue weighted by atomic mass is 9.66. The van der Waals surface area contributed by atoms with Crippen molar-refractivity contribution in [3.05, 3.63) is 66.6 Å². The molecule has 33 heavy (non-hydrogen) atoms. The highest BCUT2D eigenvalue weighted by Gasteiger charge is 2.68. The molecule has 6 heteroatoms. The lowest BCUT2D eigenvalue weighted by Crippen LogP contribution is -2.52. The third kappa shape index (κ3) is 3.26. The highest BCUT2D eigenvalue weighted by molar-refractivity contribution is 6.02. The van der Waals surface area contributed by atoms with Crippen molar-refractivity contribution in [2.24, 2.45) is 16.3 Å². The van der Waals surface area contributed by atoms with E-state index < -0.39 is 11.1 Å². The van der Waals surface area contributed by atoms with Gasteiger partial charge >= 0.3 is 0 Å². The van der Waals surface area contributed by atoms with E-state index in [9.17, 15) is 4.79 Å². The lowest BCUT2D eigenvalue weighted by Gasteiger charge is -2.39. The predicted octanol–water partition coefficient (Wildman–Crippen LogP) is 5.31. The number of rotatable bonds is 7. The quantitative estimate of drug-likeness (QED) is 0.539. The van der Waals surface area contributed by atoms with E-state index in [1.807, 2.05) is 35.2 Å². The summed E-state index contributed by atoms with van der Waals surface area (Å²) in [7, 11) is 1.67. The smallest absolute Gasteiger partial charge is 0.232 e. The first-order valence-electron chi connectivity index (χ1n) is 11.8. The van der Waals surface area contributed by atoms with Crippen LogP contribution in [0, 0.1) is 11.3 Å². The molecule has 2 aromatic rings. The van der Waals surface area contributed by atoms with Crippen molar-refractivity contribution in [2.75, 3.05) is 7.11 Å². The fourth-order valence-electron chi connectivity index (χ4n) is 6.12. The van der Waals surface area contributed by atoms with Crippen LogP contribution >= 0.6 is 0 Å². The van der Waals surface area contributed by atoms with Crippen LogP contribution in [-0.4, -0.2) is 35.6 Å². The Morgan fingerprint density at radius 1 is 1.30 bits per heavy atom. The molecule has 1 amide bonds. The minimum absolute atomic E-state index is 0.0758. The molecule has 1 aromatic carbocycles. The van der Waals surface area contributed by atoms with Crippen LogP contribution in [0.25, 0.3) is 0 Å². The van der Waals surface area contributed by atoms with Gasteiger partial charge in [0, 0.05) is 6.42 Å². The zero-order valence-electron chi connectivity index (χ0n) is 19.6. The van der Waals surface area contributed by atoms with Gasteiger partial charge in [0.15, 0.2) is 12.0 Å². The Morgan fingerprint density at radius 3 is 2.73 bits per heavy atom. The number of ether oxygens (including phenoxy) is 2. The van der Waals surface area contributed by atoms with Gasteiger partial charge in [0.25, 0.3) is 0 Å². The largest absolute Gasteiger partial charge is 0.497 e. The zero-order valence-corrected chi connectivity index (χ0v) is 19.6. The summed E-state index contributed by atoms with van der Waals surface area (Å²) >= 11 is 0. The molecule has 1 saturated carbocycles. The number of hydrogen-bond donors (Lipinski definition) is 0. The van der Waals surface area contributed by atoms with Gasteiger partial charge in [-0.25, -0.2) is 0 Å². The number of benzene rings is 1. The minimum Gasteiger partial charge on any atom is -0.497 e. The summed E-state index contributed by atoms with van der Waals surface area (Å²) in [6.07, 6.45) is 6.01. The minimum atomic E-state index is -0.830. The molecule has 2 bridgehead atoms. The number of methoxy groups -OCH3 is 1. The molecule has 2 fully saturated rings. The van der Waals surface area contributed by atoms with Crippen LogP contribution in [0.1, 0.15) is 56.8 Å². The molecule has 1 spiro atoms. The van der Waals surface area contributed by atoms with Gasteiger partial charge in [0.2, 0.25) is 5.91 Å². The van der Waals surface area contributed by atoms with Gasteiger partial charge in [0.1, 0.15) is 11.5 Å². The SMILES string of the molecule is C=CC[C@]12C[C@@]3(O[C@H](CC)N=C3C[C@H](c3ccc(OC)cc3)[C@H]1C)N(Cc1ccco1)C2=O. The van der Waals surface area contributed by atoms with Gasteiger partial charge in [-0.1, -0.05) is 32.1 Å². The fourth-order valence-corrected chi connectivity index (χ4v) is 6.12. The molecular formula is C27H32N2O4. The van der Waals surface area contributed by atoms with E-state index in [0.29, 0.717) is 19.4 Å². The number of carbonyl (C=O) groups excluding carboxylic acids is 1. The van der Waals surface area contributed by atoms with Crippen molar-refractivity contribution in [3.63, 3.8) is 0 Å². The number of nitrogens with zero attached hydrogens (tertiary/aromatic N) is 2. The van der Waals surface area contributed by atoms with Gasteiger partial charge in [0.05, 0.1) is 31.0 Å². The Hall–Kier alpha value is -2.86. The van der Waals surface area contributed by atoms with Gasteiger partial charge in [-0.3, -0.25) is 9.79 Å². The molecule has 1 saturated heterocycles. The van der Waals surface area contributed by atoms with E-state index >= 15 is 0 Å². The van der Waals surface area contributed by atoms with Crippen molar-refractivity contribution in [2.45, 2.75) is 63.9 Å². The van der Waals surface area contributed by atoms with Crippen LogP contribution in [0.3, 0.4) is 0 Å². The van der Waals surface area contributed by atoms with E-state index in [4.69, 9.17) is 18.9 Å². The van der Waals surface area contributed by atoms with Crippen molar-refractivity contribution in [3.8, 4) is 5.75 Å². The van der Waals surface area contributed by atoms with E-state index in [1.54, 1.807) is 13.4 Å². The molecule has 5 rings (SSSR count). The van der Waals surface area contributed by atoms with Crippen molar-refractivity contribution < 1.29 is 18.7 Å². The molecule has 3 aliphatic rings. The van der Waals surface area contributed by atoms with Gasteiger partial charge in [-0.2, -0.15) is 0 Å². The number of likely N-dealkylation sites (tertiary alicyclic amines) is 1. The molecule has 0 radical (unpaired) electrons. The second kappa shape index (κ2) is 8.17. The average molecular weight is 449 g/mol. The van der Waals surface area contributed by atoms with Crippen molar-refractivity contribution in [1.82, 2.24) is 4.90 Å². The number of carbonyl (C=O) groups is 1. The molecule has 3 heterocycles. The maximum Gasteiger partial charge on any atom is 0.232 e. The van der Waals surface area contributed by atoms with Crippen molar-refractivity contribution >= 4 is 11.6 Å². The second-order valence-corrected chi connectivity index (χ2v) is 9.51. The first-order valence-corrected chi connectivity index (χ1v) is 11.8. The maximum atomic E-state index is 14.3. The molecule has 0 N–H and O–H groups in total. The normalized spacial score (nSPS) is 32.9. The Labute approximate surface area is 195 Å². The highest BCUT2D eigenvalue weighted by Crippen LogP contribution is 2.60. The second-order valence-electron chi connectivity index (χ2n) is 9.51. The highest BCUT2D eigenvalue weighted by atomic mass is 16.6. The third-order valence-electron chi connectivity index (χ3n) is 7.93. The van der Waals surface area contributed by atoms with Crippen LogP contribution in [0.5, 0.6) is 5.75 Å². The number of fused-ring (bicyclic) bond motifs is 1. The first-order chi connectivity index (χ1) is 16.0. The van der Waals surface area contributed by atoms with Crippen LogP contribution in [0.4, 0.5) is 0 Å². The van der Waals surface area contributed by atoms with Crippen LogP contribution in [0.2, 0.25) is 0 Å². The average Bonchev–Trinajstić information content (AvgIpc) is 3.51. The summed E-state index contributed by atoms with van der Waals surface area (Å²) in [5, 5.41) is 0.